The molecule has 4 heteroatoms. The van der Waals surface area contributed by atoms with Crippen LogP contribution in [0.15, 0.2) is 22.7 Å². The number of hydrogen-bond acceptors (Lipinski definition) is 2. The largest absolute Gasteiger partial charge is 0.392 e. The van der Waals surface area contributed by atoms with Crippen molar-refractivity contribution in [2.75, 3.05) is 0 Å². The molecule has 0 unspecified atom stereocenters. The molecule has 0 saturated carbocycles. The van der Waals surface area contributed by atoms with Gasteiger partial charge in [0, 0.05) is 14.6 Å². The Balaban J connectivity index is 2.83. The van der Waals surface area contributed by atoms with Gasteiger partial charge in [0.1, 0.15) is 0 Å². The molecule has 1 aromatic heterocycles. The Bertz CT molecular complexity index is 452. The second kappa shape index (κ2) is 3.58. The lowest BCUT2D eigenvalue weighted by Gasteiger charge is -1.99. The molecule has 0 aliphatic carbocycles. The molecule has 0 atom stereocenters. The van der Waals surface area contributed by atoms with E-state index in [1.54, 1.807) is 0 Å². The molecule has 0 aliphatic rings. The lowest BCUT2D eigenvalue weighted by atomic mass is 10.2. The molecule has 0 aliphatic heterocycles. The van der Waals surface area contributed by atoms with Crippen LogP contribution in [-0.4, -0.2) is 5.11 Å². The minimum atomic E-state index is 0.0562. The molecule has 2 rings (SSSR count). The van der Waals surface area contributed by atoms with Crippen LogP contribution in [0.4, 0.5) is 0 Å². The molecule has 1 aromatic carbocycles. The van der Waals surface area contributed by atoms with E-state index in [4.69, 9.17) is 16.7 Å². The predicted molar refractivity (Wildman–Crippen MR) is 60.5 cm³/mol. The van der Waals surface area contributed by atoms with Crippen molar-refractivity contribution in [3.8, 4) is 0 Å². The van der Waals surface area contributed by atoms with Crippen LogP contribution in [0.25, 0.3) is 10.1 Å². The minimum Gasteiger partial charge on any atom is -0.392 e. The summed E-state index contributed by atoms with van der Waals surface area (Å²) in [6.45, 7) is 0.0562. The fourth-order valence-electron chi connectivity index (χ4n) is 1.24. The van der Waals surface area contributed by atoms with Gasteiger partial charge in [-0.05, 0) is 17.7 Å². The third-order valence-corrected chi connectivity index (χ3v) is 3.88. The number of thiophene rings is 1. The summed E-state index contributed by atoms with van der Waals surface area (Å²) < 4.78 is 2.82. The van der Waals surface area contributed by atoms with Gasteiger partial charge in [0.2, 0.25) is 0 Å². The third-order valence-electron chi connectivity index (χ3n) is 1.85. The lowest BCUT2D eigenvalue weighted by molar-refractivity contribution is 0.283. The second-order valence-corrected chi connectivity index (χ2v) is 5.20. The second-order valence-electron chi connectivity index (χ2n) is 2.66. The van der Waals surface area contributed by atoms with Crippen molar-refractivity contribution in [3.05, 3.63) is 32.6 Å². The van der Waals surface area contributed by atoms with Crippen LogP contribution in [-0.2, 0) is 6.61 Å². The summed E-state index contributed by atoms with van der Waals surface area (Å²) in [5.41, 5.74) is 0.926. The van der Waals surface area contributed by atoms with E-state index in [1.165, 1.54) is 11.3 Å². The molecule has 0 radical (unpaired) electrons. The Hall–Kier alpha value is -0.0900. The van der Waals surface area contributed by atoms with E-state index < -0.39 is 0 Å². The van der Waals surface area contributed by atoms with E-state index >= 15 is 0 Å². The summed E-state index contributed by atoms with van der Waals surface area (Å²) in [5.74, 6) is 0. The van der Waals surface area contributed by atoms with Gasteiger partial charge >= 0.3 is 0 Å². The first-order valence-electron chi connectivity index (χ1n) is 3.69. The molecule has 1 nitrogen and oxygen atoms in total. The van der Waals surface area contributed by atoms with Crippen LogP contribution in [0.2, 0.25) is 4.34 Å². The highest BCUT2D eigenvalue weighted by Gasteiger charge is 2.07. The van der Waals surface area contributed by atoms with Gasteiger partial charge < -0.3 is 5.11 Å². The van der Waals surface area contributed by atoms with Crippen molar-refractivity contribution in [2.45, 2.75) is 6.61 Å². The molecule has 0 amide bonds. The summed E-state index contributed by atoms with van der Waals surface area (Å²) >= 11 is 10.8. The summed E-state index contributed by atoms with van der Waals surface area (Å²) in [6.07, 6.45) is 0. The number of aliphatic hydroxyl groups excluding tert-OH is 1. The van der Waals surface area contributed by atoms with Gasteiger partial charge in [-0.1, -0.05) is 33.6 Å². The number of rotatable bonds is 1. The van der Waals surface area contributed by atoms with Crippen molar-refractivity contribution in [2.24, 2.45) is 0 Å². The van der Waals surface area contributed by atoms with E-state index in [9.17, 15) is 0 Å². The zero-order chi connectivity index (χ0) is 9.42. The molecule has 1 heterocycles. The van der Waals surface area contributed by atoms with Crippen LogP contribution in [0, 0.1) is 0 Å². The summed E-state index contributed by atoms with van der Waals surface area (Å²) in [7, 11) is 0. The zero-order valence-corrected chi connectivity index (χ0v) is 9.71. The van der Waals surface area contributed by atoms with Crippen LogP contribution in [0.3, 0.4) is 0 Å². The van der Waals surface area contributed by atoms with Crippen molar-refractivity contribution in [1.82, 2.24) is 0 Å². The highest BCUT2D eigenvalue weighted by atomic mass is 79.9. The smallest absolute Gasteiger partial charge is 0.0941 e. The number of hydrogen-bond donors (Lipinski definition) is 1. The summed E-state index contributed by atoms with van der Waals surface area (Å²) in [4.78, 5) is 0. The zero-order valence-electron chi connectivity index (χ0n) is 6.55. The number of aliphatic hydroxyl groups is 1. The maximum atomic E-state index is 9.08. The van der Waals surface area contributed by atoms with E-state index in [1.807, 2.05) is 18.2 Å². The predicted octanol–water partition coefficient (Wildman–Crippen LogP) is 3.81. The van der Waals surface area contributed by atoms with E-state index in [0.717, 1.165) is 24.5 Å². The minimum absolute atomic E-state index is 0.0562. The van der Waals surface area contributed by atoms with E-state index in [-0.39, 0.29) is 6.61 Å². The maximum Gasteiger partial charge on any atom is 0.0941 e. The molecular weight excluding hydrogens is 272 g/mol. The van der Waals surface area contributed by atoms with Crippen molar-refractivity contribution >= 4 is 49.0 Å². The van der Waals surface area contributed by atoms with Crippen LogP contribution in [0.5, 0.6) is 0 Å². The average molecular weight is 278 g/mol. The topological polar surface area (TPSA) is 20.2 Å². The standard InChI is InChI=1S/C9H6BrClOS/c10-7-2-1-5(4-12)9-6(7)3-8(11)13-9/h1-3,12H,4H2. The molecular formula is C9H6BrClOS. The Labute approximate surface area is 93.1 Å². The van der Waals surface area contributed by atoms with Crippen molar-refractivity contribution in [1.29, 1.82) is 0 Å². The highest BCUT2D eigenvalue weighted by molar-refractivity contribution is 9.10. The third kappa shape index (κ3) is 1.62. The molecule has 0 saturated heterocycles. The SMILES string of the molecule is OCc1ccc(Br)c2cc(Cl)sc12. The van der Waals surface area contributed by atoms with Crippen LogP contribution >= 0.6 is 38.9 Å². The Morgan fingerprint density at radius 2 is 2.23 bits per heavy atom. The highest BCUT2D eigenvalue weighted by Crippen LogP contribution is 2.36. The summed E-state index contributed by atoms with van der Waals surface area (Å²) in [5, 5.41) is 10.2. The molecule has 2 aromatic rings. The molecule has 68 valence electrons. The Kier molecular flexibility index (Phi) is 2.60. The van der Waals surface area contributed by atoms with Gasteiger partial charge in [0.05, 0.1) is 10.9 Å². The van der Waals surface area contributed by atoms with Gasteiger partial charge in [0.25, 0.3) is 0 Å². The molecule has 0 spiro atoms. The summed E-state index contributed by atoms with van der Waals surface area (Å²) in [6, 6.07) is 5.74. The lowest BCUT2D eigenvalue weighted by Crippen LogP contribution is -1.82. The van der Waals surface area contributed by atoms with Gasteiger partial charge in [-0.3, -0.25) is 0 Å². The molecule has 0 fully saturated rings. The first kappa shape index (κ1) is 9.46. The maximum absolute atomic E-state index is 9.08. The first-order chi connectivity index (χ1) is 6.22. The first-order valence-corrected chi connectivity index (χ1v) is 5.68. The molecule has 13 heavy (non-hydrogen) atoms. The van der Waals surface area contributed by atoms with Gasteiger partial charge in [-0.2, -0.15) is 0 Å². The van der Waals surface area contributed by atoms with Crippen molar-refractivity contribution < 1.29 is 5.11 Å². The van der Waals surface area contributed by atoms with Gasteiger partial charge in [0.15, 0.2) is 0 Å². The van der Waals surface area contributed by atoms with Crippen molar-refractivity contribution in [3.63, 3.8) is 0 Å². The van der Waals surface area contributed by atoms with Gasteiger partial charge in [-0.15, -0.1) is 11.3 Å². The number of fused-ring (bicyclic) bond motifs is 1. The average Bonchev–Trinajstić information content (AvgIpc) is 2.48. The fourth-order valence-corrected chi connectivity index (χ4v) is 3.07. The quantitative estimate of drug-likeness (QED) is 0.840. The Morgan fingerprint density at radius 1 is 1.46 bits per heavy atom. The van der Waals surface area contributed by atoms with E-state index in [2.05, 4.69) is 15.9 Å². The fraction of sp³-hybridized carbons (Fsp3) is 0.111. The molecule has 0 bridgehead atoms. The molecule has 1 N–H and O–H groups in total. The normalized spacial score (nSPS) is 11.0. The van der Waals surface area contributed by atoms with Crippen LogP contribution < -0.4 is 0 Å². The number of halogens is 2. The number of benzene rings is 1. The van der Waals surface area contributed by atoms with Gasteiger partial charge in [-0.25, -0.2) is 0 Å². The Morgan fingerprint density at radius 3 is 2.92 bits per heavy atom. The van der Waals surface area contributed by atoms with Crippen LogP contribution in [0.1, 0.15) is 5.56 Å². The monoisotopic (exact) mass is 276 g/mol. The van der Waals surface area contributed by atoms with E-state index in [0.29, 0.717) is 0 Å².